The second-order valence-electron chi connectivity index (χ2n) is 4.80. The van der Waals surface area contributed by atoms with Crippen LogP contribution in [0, 0.1) is 0 Å². The van der Waals surface area contributed by atoms with E-state index in [4.69, 9.17) is 0 Å². The first-order valence-electron chi connectivity index (χ1n) is 6.77. The van der Waals surface area contributed by atoms with Gasteiger partial charge in [-0.2, -0.15) is 11.8 Å². The molecule has 1 aromatic rings. The van der Waals surface area contributed by atoms with Crippen molar-refractivity contribution >= 4 is 23.6 Å². The maximum Gasteiger partial charge on any atom is 0.322 e. The van der Waals surface area contributed by atoms with E-state index in [1.165, 1.54) is 6.42 Å². The van der Waals surface area contributed by atoms with Crippen molar-refractivity contribution < 1.29 is 4.79 Å². The summed E-state index contributed by atoms with van der Waals surface area (Å²) in [7, 11) is 1.88. The van der Waals surface area contributed by atoms with E-state index >= 15 is 0 Å². The Morgan fingerprint density at radius 3 is 3.05 bits per heavy atom. The van der Waals surface area contributed by atoms with Crippen LogP contribution < -0.4 is 5.32 Å². The molecule has 104 valence electrons. The first-order chi connectivity index (χ1) is 9.20. The number of thioether (sulfide) groups is 1. The van der Waals surface area contributed by atoms with Crippen molar-refractivity contribution in [2.75, 3.05) is 18.1 Å². The van der Waals surface area contributed by atoms with Crippen LogP contribution in [0.2, 0.25) is 0 Å². The van der Waals surface area contributed by atoms with E-state index in [0.717, 1.165) is 18.6 Å². The largest absolute Gasteiger partial charge is 0.325 e. The van der Waals surface area contributed by atoms with E-state index in [1.807, 2.05) is 35.8 Å². The van der Waals surface area contributed by atoms with E-state index in [1.54, 1.807) is 12.3 Å². The molecule has 5 heteroatoms. The van der Waals surface area contributed by atoms with Crippen molar-refractivity contribution in [1.29, 1.82) is 0 Å². The third-order valence-corrected chi connectivity index (χ3v) is 4.76. The molecule has 1 saturated carbocycles. The van der Waals surface area contributed by atoms with Crippen LogP contribution >= 0.6 is 11.8 Å². The molecule has 2 atom stereocenters. The minimum Gasteiger partial charge on any atom is -0.325 e. The summed E-state index contributed by atoms with van der Waals surface area (Å²) in [5, 5.41) is 3.54. The third-order valence-electron chi connectivity index (χ3n) is 3.53. The van der Waals surface area contributed by atoms with Crippen LogP contribution in [-0.4, -0.2) is 40.0 Å². The van der Waals surface area contributed by atoms with Gasteiger partial charge in [0.25, 0.3) is 0 Å². The number of aromatic nitrogens is 1. The van der Waals surface area contributed by atoms with E-state index < -0.39 is 0 Å². The summed E-state index contributed by atoms with van der Waals surface area (Å²) in [4.78, 5) is 18.1. The molecule has 0 bridgehead atoms. The molecule has 2 unspecified atom stereocenters. The average molecular weight is 279 g/mol. The molecule has 1 aliphatic carbocycles. The molecule has 0 aromatic carbocycles. The zero-order valence-electron chi connectivity index (χ0n) is 11.5. The Labute approximate surface area is 119 Å². The van der Waals surface area contributed by atoms with Gasteiger partial charge in [-0.25, -0.2) is 9.78 Å². The van der Waals surface area contributed by atoms with Gasteiger partial charge in [-0.15, -0.1) is 0 Å². The average Bonchev–Trinajstić information content (AvgIpc) is 2.88. The summed E-state index contributed by atoms with van der Waals surface area (Å²) in [6, 6.07) is 5.80. The molecule has 0 aliphatic heterocycles. The molecule has 1 aliphatic rings. The number of rotatable bonds is 4. The summed E-state index contributed by atoms with van der Waals surface area (Å²) < 4.78 is 0. The molecule has 1 aromatic heterocycles. The topological polar surface area (TPSA) is 45.2 Å². The molecule has 1 N–H and O–H groups in total. The second kappa shape index (κ2) is 6.80. The molecule has 0 radical (unpaired) electrons. The molecule has 0 spiro atoms. The van der Waals surface area contributed by atoms with Crippen molar-refractivity contribution in [3.8, 4) is 0 Å². The van der Waals surface area contributed by atoms with Crippen LogP contribution in [0.4, 0.5) is 10.6 Å². The molecule has 0 saturated heterocycles. The third kappa shape index (κ3) is 3.86. The smallest absolute Gasteiger partial charge is 0.322 e. The highest BCUT2D eigenvalue weighted by molar-refractivity contribution is 7.99. The van der Waals surface area contributed by atoms with Gasteiger partial charge < -0.3 is 4.90 Å². The highest BCUT2D eigenvalue weighted by Gasteiger charge is 2.29. The number of hydrogen-bond donors (Lipinski definition) is 1. The van der Waals surface area contributed by atoms with E-state index in [2.05, 4.69) is 17.2 Å². The first-order valence-corrected chi connectivity index (χ1v) is 7.82. The van der Waals surface area contributed by atoms with Crippen molar-refractivity contribution in [2.24, 2.45) is 0 Å². The van der Waals surface area contributed by atoms with Crippen LogP contribution in [-0.2, 0) is 0 Å². The van der Waals surface area contributed by atoms with Gasteiger partial charge in [0.05, 0.1) is 0 Å². The van der Waals surface area contributed by atoms with Crippen LogP contribution in [0.3, 0.4) is 0 Å². The Morgan fingerprint density at radius 1 is 1.53 bits per heavy atom. The van der Waals surface area contributed by atoms with E-state index in [-0.39, 0.29) is 6.03 Å². The summed E-state index contributed by atoms with van der Waals surface area (Å²) in [6.45, 7) is 2.19. The number of anilines is 1. The van der Waals surface area contributed by atoms with Gasteiger partial charge in [0.15, 0.2) is 0 Å². The van der Waals surface area contributed by atoms with Crippen LogP contribution in [0.1, 0.15) is 26.2 Å². The van der Waals surface area contributed by atoms with Gasteiger partial charge in [-0.05, 0) is 37.1 Å². The Morgan fingerprint density at radius 2 is 2.37 bits per heavy atom. The minimum absolute atomic E-state index is 0.0640. The van der Waals surface area contributed by atoms with E-state index in [9.17, 15) is 4.79 Å². The summed E-state index contributed by atoms with van der Waals surface area (Å²) in [6.07, 6.45) is 5.10. The molecule has 4 nitrogen and oxygen atoms in total. The van der Waals surface area contributed by atoms with Crippen molar-refractivity contribution in [2.45, 2.75) is 37.5 Å². The fourth-order valence-electron chi connectivity index (χ4n) is 2.46. The lowest BCUT2D eigenvalue weighted by molar-refractivity contribution is 0.205. The fourth-order valence-corrected chi connectivity index (χ4v) is 3.59. The normalized spacial score (nSPS) is 22.2. The number of nitrogens with zero attached hydrogens (tertiary/aromatic N) is 2. The molecular formula is C14H21N3OS. The molecule has 1 heterocycles. The molecule has 2 rings (SSSR count). The SMILES string of the molecule is CCSC1CCC(N(C)C(=O)Nc2ccccn2)C1. The predicted molar refractivity (Wildman–Crippen MR) is 80.6 cm³/mol. The maximum absolute atomic E-state index is 12.1. The zero-order valence-corrected chi connectivity index (χ0v) is 12.3. The number of amides is 2. The number of carbonyl (C=O) groups is 1. The maximum atomic E-state index is 12.1. The predicted octanol–water partition coefficient (Wildman–Crippen LogP) is 3.22. The van der Waals surface area contributed by atoms with Crippen molar-refractivity contribution in [1.82, 2.24) is 9.88 Å². The lowest BCUT2D eigenvalue weighted by Gasteiger charge is -2.24. The first kappa shape index (κ1) is 14.2. The molecule has 2 amide bonds. The van der Waals surface area contributed by atoms with Crippen LogP contribution in [0.25, 0.3) is 0 Å². The van der Waals surface area contributed by atoms with Gasteiger partial charge in [-0.3, -0.25) is 5.32 Å². The van der Waals surface area contributed by atoms with Gasteiger partial charge in [0.1, 0.15) is 5.82 Å². The Hall–Kier alpha value is -1.23. The van der Waals surface area contributed by atoms with Gasteiger partial charge in [-0.1, -0.05) is 13.0 Å². The van der Waals surface area contributed by atoms with Gasteiger partial charge in [0.2, 0.25) is 0 Å². The van der Waals surface area contributed by atoms with Crippen molar-refractivity contribution in [3.63, 3.8) is 0 Å². The van der Waals surface area contributed by atoms with E-state index in [0.29, 0.717) is 17.1 Å². The standard InChI is InChI=1S/C14H21N3OS/c1-3-19-12-8-7-11(10-12)17(2)14(18)16-13-6-4-5-9-15-13/h4-6,9,11-12H,3,7-8,10H2,1-2H3,(H,15,16,18). The quantitative estimate of drug-likeness (QED) is 0.920. The zero-order chi connectivity index (χ0) is 13.7. The number of hydrogen-bond acceptors (Lipinski definition) is 3. The monoisotopic (exact) mass is 279 g/mol. The number of nitrogens with one attached hydrogen (secondary N) is 1. The Balaban J connectivity index is 1.86. The molecule has 1 fully saturated rings. The highest BCUT2D eigenvalue weighted by atomic mass is 32.2. The Bertz CT molecular complexity index is 412. The Kier molecular flexibility index (Phi) is 5.07. The lowest BCUT2D eigenvalue weighted by Crippen LogP contribution is -2.38. The highest BCUT2D eigenvalue weighted by Crippen LogP contribution is 2.32. The number of pyridine rings is 1. The number of carbonyl (C=O) groups excluding carboxylic acids is 1. The summed E-state index contributed by atoms with van der Waals surface area (Å²) >= 11 is 2.01. The number of urea groups is 1. The van der Waals surface area contributed by atoms with Gasteiger partial charge >= 0.3 is 6.03 Å². The van der Waals surface area contributed by atoms with Crippen LogP contribution in [0.5, 0.6) is 0 Å². The summed E-state index contributed by atoms with van der Waals surface area (Å²) in [5.41, 5.74) is 0. The van der Waals surface area contributed by atoms with Gasteiger partial charge in [0, 0.05) is 24.5 Å². The summed E-state index contributed by atoms with van der Waals surface area (Å²) in [5.74, 6) is 1.76. The minimum atomic E-state index is -0.0640. The van der Waals surface area contributed by atoms with Crippen molar-refractivity contribution in [3.05, 3.63) is 24.4 Å². The fraction of sp³-hybridized carbons (Fsp3) is 0.571. The lowest BCUT2D eigenvalue weighted by atomic mass is 10.2. The molecular weight excluding hydrogens is 258 g/mol. The second-order valence-corrected chi connectivity index (χ2v) is 6.38. The molecule has 19 heavy (non-hydrogen) atoms. The van der Waals surface area contributed by atoms with Crippen LogP contribution in [0.15, 0.2) is 24.4 Å².